The number of ether oxygens (including phenoxy) is 1. The van der Waals surface area contributed by atoms with E-state index in [0.717, 1.165) is 24.9 Å². The van der Waals surface area contributed by atoms with Gasteiger partial charge in [-0.2, -0.15) is 0 Å². The second-order valence-corrected chi connectivity index (χ2v) is 9.34. The summed E-state index contributed by atoms with van der Waals surface area (Å²) in [5.74, 6) is -1.14. The van der Waals surface area contributed by atoms with Crippen LogP contribution < -0.4 is 4.74 Å². The Morgan fingerprint density at radius 1 is 1.03 bits per heavy atom. The van der Waals surface area contributed by atoms with Crippen LogP contribution in [0.25, 0.3) is 0 Å². The van der Waals surface area contributed by atoms with Crippen molar-refractivity contribution in [3.63, 3.8) is 0 Å². The highest BCUT2D eigenvalue weighted by Gasteiger charge is 2.20. The summed E-state index contributed by atoms with van der Waals surface area (Å²) in [5.41, 5.74) is 1.25. The number of benzene rings is 2. The highest BCUT2D eigenvalue weighted by molar-refractivity contribution is 7.91. The Kier molecular flexibility index (Phi) is 7.13. The molecular formula is C24H23NO7S. The number of aromatic hydroxyl groups is 1. The van der Waals surface area contributed by atoms with Crippen LogP contribution in [0.2, 0.25) is 0 Å². The molecule has 0 amide bonds. The second kappa shape index (κ2) is 9.83. The first-order valence-corrected chi connectivity index (χ1v) is 11.6. The number of carboxylic acids is 1. The molecule has 0 aliphatic carbocycles. The maximum atomic E-state index is 12.8. The van der Waals surface area contributed by atoms with Gasteiger partial charge in [0, 0.05) is 18.0 Å². The van der Waals surface area contributed by atoms with E-state index < -0.39 is 15.8 Å². The van der Waals surface area contributed by atoms with Crippen molar-refractivity contribution in [3.8, 4) is 11.5 Å². The number of phenols is 1. The molecule has 9 heteroatoms. The zero-order valence-electron chi connectivity index (χ0n) is 18.1. The first kappa shape index (κ1) is 23.9. The van der Waals surface area contributed by atoms with E-state index in [2.05, 4.69) is 4.98 Å². The molecule has 3 aromatic rings. The molecule has 0 radical (unpaired) electrons. The molecule has 2 aromatic carbocycles. The fourth-order valence-corrected chi connectivity index (χ4v) is 4.52. The predicted octanol–water partition coefficient (Wildman–Crippen LogP) is 4.05. The van der Waals surface area contributed by atoms with E-state index in [9.17, 15) is 23.1 Å². The summed E-state index contributed by atoms with van der Waals surface area (Å²) in [5, 5.41) is 19.5. The van der Waals surface area contributed by atoms with Gasteiger partial charge in [-0.25, -0.2) is 13.2 Å². The van der Waals surface area contributed by atoms with Gasteiger partial charge in [0.25, 0.3) is 0 Å². The third-order valence-corrected chi connectivity index (χ3v) is 6.75. The van der Waals surface area contributed by atoms with Gasteiger partial charge in [0.1, 0.15) is 18.1 Å². The number of pyridine rings is 1. The van der Waals surface area contributed by atoms with E-state index in [0.29, 0.717) is 23.3 Å². The molecule has 0 saturated carbocycles. The maximum absolute atomic E-state index is 12.8. The van der Waals surface area contributed by atoms with Crippen LogP contribution >= 0.6 is 0 Å². The Balaban J connectivity index is 1.81. The van der Waals surface area contributed by atoms with Gasteiger partial charge in [0.2, 0.25) is 9.84 Å². The molecule has 0 atom stereocenters. The van der Waals surface area contributed by atoms with Crippen molar-refractivity contribution in [2.45, 2.75) is 43.1 Å². The highest BCUT2D eigenvalue weighted by Crippen LogP contribution is 2.33. The number of carbonyl (C=O) groups is 2. The van der Waals surface area contributed by atoms with E-state index in [1.807, 2.05) is 6.92 Å². The number of sulfone groups is 1. The molecular weight excluding hydrogens is 446 g/mol. The molecule has 0 saturated heterocycles. The Bertz CT molecular complexity index is 1300. The fraction of sp³-hybridized carbons (Fsp3) is 0.208. The highest BCUT2D eigenvalue weighted by atomic mass is 32.2. The van der Waals surface area contributed by atoms with E-state index in [4.69, 9.17) is 9.84 Å². The molecule has 33 heavy (non-hydrogen) atoms. The Labute approximate surface area is 191 Å². The number of rotatable bonds is 9. The number of aromatic carboxylic acids is 1. The summed E-state index contributed by atoms with van der Waals surface area (Å²) < 4.78 is 31.5. The van der Waals surface area contributed by atoms with Crippen LogP contribution in [0.1, 0.15) is 52.1 Å². The number of carboxylic acid groups (broad SMARTS) is 1. The molecule has 172 valence electrons. The SMILES string of the molecule is CCCc1c(OCc2ccc(S(=O)(=O)c3cncc(C(=O)O)c3)cc2)ccc(C(C)=O)c1O. The van der Waals surface area contributed by atoms with E-state index in [-0.39, 0.29) is 39.1 Å². The molecule has 8 nitrogen and oxygen atoms in total. The van der Waals surface area contributed by atoms with Gasteiger partial charge in [-0.15, -0.1) is 0 Å². The lowest BCUT2D eigenvalue weighted by Crippen LogP contribution is -2.06. The van der Waals surface area contributed by atoms with Crippen molar-refractivity contribution in [2.24, 2.45) is 0 Å². The summed E-state index contributed by atoms with van der Waals surface area (Å²) in [7, 11) is -3.94. The van der Waals surface area contributed by atoms with Crippen molar-refractivity contribution < 1.29 is 33.0 Å². The molecule has 0 aliphatic heterocycles. The standard InChI is InChI=1S/C24H23NO7S/c1-3-4-21-22(10-9-20(15(2)26)23(21)27)32-14-16-5-7-18(8-6-16)33(30,31)19-11-17(24(28)29)12-25-13-19/h5-13,27H,3-4,14H2,1-2H3,(H,28,29). The Morgan fingerprint density at radius 3 is 2.33 bits per heavy atom. The summed E-state index contributed by atoms with van der Waals surface area (Å²) in [6, 6.07) is 10.2. The molecule has 2 N–H and O–H groups in total. The van der Waals surface area contributed by atoms with Gasteiger partial charge >= 0.3 is 5.97 Å². The zero-order chi connectivity index (χ0) is 24.2. The summed E-state index contributed by atoms with van der Waals surface area (Å²) in [6.45, 7) is 3.45. The van der Waals surface area contributed by atoms with Crippen molar-refractivity contribution in [1.29, 1.82) is 0 Å². The molecule has 0 aliphatic rings. The second-order valence-electron chi connectivity index (χ2n) is 7.40. The first-order valence-electron chi connectivity index (χ1n) is 10.2. The van der Waals surface area contributed by atoms with Crippen LogP contribution in [-0.2, 0) is 22.9 Å². The third kappa shape index (κ3) is 5.20. The van der Waals surface area contributed by atoms with Crippen molar-refractivity contribution >= 4 is 21.6 Å². The topological polar surface area (TPSA) is 131 Å². The van der Waals surface area contributed by atoms with Crippen LogP contribution in [0.15, 0.2) is 64.6 Å². The number of Topliss-reactive ketones (excluding diaryl/α,β-unsaturated/α-hetero) is 1. The largest absolute Gasteiger partial charge is 0.507 e. The summed E-state index contributed by atoms with van der Waals surface area (Å²) in [6.07, 6.45) is 3.46. The van der Waals surface area contributed by atoms with Gasteiger partial charge < -0.3 is 14.9 Å². The minimum atomic E-state index is -3.94. The average Bonchev–Trinajstić information content (AvgIpc) is 2.79. The number of phenolic OH excluding ortho intramolecular Hbond substituents is 1. The summed E-state index contributed by atoms with van der Waals surface area (Å²) >= 11 is 0. The number of nitrogens with zero attached hydrogens (tertiary/aromatic N) is 1. The monoisotopic (exact) mass is 469 g/mol. The molecule has 0 bridgehead atoms. The zero-order valence-corrected chi connectivity index (χ0v) is 18.9. The number of hydrogen-bond acceptors (Lipinski definition) is 7. The molecule has 0 unspecified atom stereocenters. The third-order valence-electron chi connectivity index (χ3n) is 5.02. The number of aromatic nitrogens is 1. The van der Waals surface area contributed by atoms with Crippen molar-refractivity contribution in [2.75, 3.05) is 0 Å². The normalized spacial score (nSPS) is 11.2. The minimum absolute atomic E-state index is 0.00860. The predicted molar refractivity (Wildman–Crippen MR) is 120 cm³/mol. The lowest BCUT2D eigenvalue weighted by molar-refractivity contribution is 0.0696. The van der Waals surface area contributed by atoms with Gasteiger partial charge in [-0.3, -0.25) is 9.78 Å². The van der Waals surface area contributed by atoms with Crippen LogP contribution in [0.3, 0.4) is 0 Å². The first-order chi connectivity index (χ1) is 15.6. The smallest absolute Gasteiger partial charge is 0.337 e. The fourth-order valence-electron chi connectivity index (χ4n) is 3.27. The summed E-state index contributed by atoms with van der Waals surface area (Å²) in [4.78, 5) is 26.3. The Morgan fingerprint density at radius 2 is 1.73 bits per heavy atom. The molecule has 1 aromatic heterocycles. The lowest BCUT2D eigenvalue weighted by Gasteiger charge is -2.15. The number of carbonyl (C=O) groups excluding carboxylic acids is 1. The van der Waals surface area contributed by atoms with Gasteiger partial charge in [0.15, 0.2) is 5.78 Å². The van der Waals surface area contributed by atoms with Gasteiger partial charge in [-0.1, -0.05) is 25.5 Å². The average molecular weight is 470 g/mol. The van der Waals surface area contributed by atoms with Crippen molar-refractivity contribution in [3.05, 3.63) is 77.1 Å². The van der Waals surface area contributed by atoms with Crippen molar-refractivity contribution in [1.82, 2.24) is 4.98 Å². The van der Waals surface area contributed by atoms with Crippen LogP contribution in [0.5, 0.6) is 11.5 Å². The minimum Gasteiger partial charge on any atom is -0.507 e. The van der Waals surface area contributed by atoms with Crippen LogP contribution in [-0.4, -0.2) is 35.4 Å². The maximum Gasteiger partial charge on any atom is 0.337 e. The van der Waals surface area contributed by atoms with E-state index in [1.54, 1.807) is 18.2 Å². The number of hydrogen-bond donors (Lipinski definition) is 2. The Hall–Kier alpha value is -3.72. The van der Waals surface area contributed by atoms with E-state index >= 15 is 0 Å². The molecule has 1 heterocycles. The molecule has 3 rings (SSSR count). The molecule has 0 spiro atoms. The van der Waals surface area contributed by atoms with Crippen LogP contribution in [0.4, 0.5) is 0 Å². The van der Waals surface area contributed by atoms with Crippen LogP contribution in [0, 0.1) is 0 Å². The van der Waals surface area contributed by atoms with Gasteiger partial charge in [0.05, 0.1) is 20.9 Å². The number of ketones is 1. The lowest BCUT2D eigenvalue weighted by atomic mass is 10.0. The van der Waals surface area contributed by atoms with E-state index in [1.165, 1.54) is 25.1 Å². The molecule has 0 fully saturated rings. The quantitative estimate of drug-likeness (QED) is 0.449. The van der Waals surface area contributed by atoms with Gasteiger partial charge in [-0.05, 0) is 49.2 Å².